The number of carbonyl (C=O) groups excluding carboxylic acids is 1. The Morgan fingerprint density at radius 3 is 2.46 bits per heavy atom. The standard InChI is InChI=1S/C18H22FN3O3S/c1-18(2,3)22-16(11-5-6-11)10-15(21-22)17(23)20-14-9-12(26(4,24)25)7-8-13(14)19/h7-11H,5-6H2,1-4H3,(H,20,23). The van der Waals surface area contributed by atoms with Crippen LogP contribution < -0.4 is 5.32 Å². The number of amides is 1. The molecular formula is C18H22FN3O3S. The molecule has 6 nitrogen and oxygen atoms in total. The van der Waals surface area contributed by atoms with Gasteiger partial charge in [-0.2, -0.15) is 5.10 Å². The lowest BCUT2D eigenvalue weighted by Crippen LogP contribution is -2.26. The molecule has 140 valence electrons. The number of nitrogens with zero attached hydrogens (tertiary/aromatic N) is 2. The van der Waals surface area contributed by atoms with Gasteiger partial charge in [-0.1, -0.05) is 0 Å². The Labute approximate surface area is 152 Å². The van der Waals surface area contributed by atoms with Crippen molar-refractivity contribution in [3.05, 3.63) is 41.5 Å². The second-order valence-corrected chi connectivity index (χ2v) is 9.70. The van der Waals surface area contributed by atoms with Crippen molar-refractivity contribution in [3.63, 3.8) is 0 Å². The third-order valence-corrected chi connectivity index (χ3v) is 5.32. The number of aromatic nitrogens is 2. The number of benzene rings is 1. The SMILES string of the molecule is CC(C)(C)n1nc(C(=O)Nc2cc(S(C)(=O)=O)ccc2F)cc1C1CC1. The lowest BCUT2D eigenvalue weighted by Gasteiger charge is -2.22. The first-order chi connectivity index (χ1) is 12.0. The molecule has 0 unspecified atom stereocenters. The summed E-state index contributed by atoms with van der Waals surface area (Å²) in [5.74, 6) is -0.878. The van der Waals surface area contributed by atoms with Crippen LogP contribution in [0.25, 0.3) is 0 Å². The van der Waals surface area contributed by atoms with Crippen LogP contribution in [0.15, 0.2) is 29.2 Å². The molecule has 3 rings (SSSR count). The van der Waals surface area contributed by atoms with Crippen LogP contribution >= 0.6 is 0 Å². The van der Waals surface area contributed by atoms with Gasteiger partial charge < -0.3 is 5.32 Å². The predicted molar refractivity (Wildman–Crippen MR) is 96.7 cm³/mol. The van der Waals surface area contributed by atoms with E-state index in [0.29, 0.717) is 5.92 Å². The van der Waals surface area contributed by atoms with Gasteiger partial charge in [0.05, 0.1) is 16.1 Å². The zero-order valence-electron chi connectivity index (χ0n) is 15.2. The highest BCUT2D eigenvalue weighted by atomic mass is 32.2. The monoisotopic (exact) mass is 379 g/mol. The summed E-state index contributed by atoms with van der Waals surface area (Å²) >= 11 is 0. The maximum absolute atomic E-state index is 14.0. The second kappa shape index (κ2) is 6.19. The number of hydrogen-bond donors (Lipinski definition) is 1. The van der Waals surface area contributed by atoms with E-state index < -0.39 is 21.6 Å². The van der Waals surface area contributed by atoms with Crippen molar-refractivity contribution in [2.45, 2.75) is 50.0 Å². The molecule has 0 spiro atoms. The smallest absolute Gasteiger partial charge is 0.276 e. The summed E-state index contributed by atoms with van der Waals surface area (Å²) in [5, 5.41) is 6.84. The van der Waals surface area contributed by atoms with E-state index in [1.165, 1.54) is 6.07 Å². The van der Waals surface area contributed by atoms with Crippen LogP contribution in [0.5, 0.6) is 0 Å². The summed E-state index contributed by atoms with van der Waals surface area (Å²) in [6.45, 7) is 6.01. The van der Waals surface area contributed by atoms with Crippen LogP contribution in [0, 0.1) is 5.82 Å². The molecule has 1 N–H and O–H groups in total. The summed E-state index contributed by atoms with van der Waals surface area (Å²) in [6.07, 6.45) is 3.15. The Morgan fingerprint density at radius 2 is 1.92 bits per heavy atom. The van der Waals surface area contributed by atoms with Gasteiger partial charge in [-0.05, 0) is 57.9 Å². The van der Waals surface area contributed by atoms with Gasteiger partial charge in [0.2, 0.25) is 0 Å². The van der Waals surface area contributed by atoms with Crippen molar-refractivity contribution >= 4 is 21.4 Å². The lowest BCUT2D eigenvalue weighted by atomic mass is 10.1. The van der Waals surface area contributed by atoms with E-state index in [1.54, 1.807) is 6.07 Å². The zero-order valence-corrected chi connectivity index (χ0v) is 16.0. The van der Waals surface area contributed by atoms with Gasteiger partial charge >= 0.3 is 0 Å². The molecule has 1 aliphatic rings. The van der Waals surface area contributed by atoms with Crippen LogP contribution in [0.2, 0.25) is 0 Å². The number of sulfone groups is 1. The van der Waals surface area contributed by atoms with Crippen LogP contribution in [0.4, 0.5) is 10.1 Å². The largest absolute Gasteiger partial charge is 0.318 e. The molecule has 0 aliphatic heterocycles. The third-order valence-electron chi connectivity index (χ3n) is 4.21. The predicted octanol–water partition coefficient (Wildman–Crippen LogP) is 3.31. The number of rotatable bonds is 4. The van der Waals surface area contributed by atoms with Crippen LogP contribution in [-0.4, -0.2) is 30.4 Å². The fourth-order valence-corrected chi connectivity index (χ4v) is 3.38. The fraction of sp³-hybridized carbons (Fsp3) is 0.444. The van der Waals surface area contributed by atoms with Gasteiger partial charge in [0.1, 0.15) is 5.82 Å². The van der Waals surface area contributed by atoms with Gasteiger partial charge in [0.25, 0.3) is 5.91 Å². The van der Waals surface area contributed by atoms with E-state index in [0.717, 1.165) is 36.9 Å². The lowest BCUT2D eigenvalue weighted by molar-refractivity contribution is 0.102. The maximum atomic E-state index is 14.0. The molecule has 1 amide bonds. The minimum Gasteiger partial charge on any atom is -0.318 e. The molecule has 8 heteroatoms. The van der Waals surface area contributed by atoms with E-state index in [1.807, 2.05) is 25.5 Å². The summed E-state index contributed by atoms with van der Waals surface area (Å²) in [7, 11) is -3.51. The van der Waals surface area contributed by atoms with Crippen molar-refractivity contribution in [1.29, 1.82) is 0 Å². The number of carbonyl (C=O) groups is 1. The highest BCUT2D eigenvalue weighted by Gasteiger charge is 2.32. The summed E-state index contributed by atoms with van der Waals surface area (Å²) in [4.78, 5) is 12.5. The van der Waals surface area contributed by atoms with Gasteiger partial charge in [-0.25, -0.2) is 12.8 Å². The van der Waals surface area contributed by atoms with Gasteiger partial charge in [0.15, 0.2) is 15.5 Å². The van der Waals surface area contributed by atoms with Gasteiger partial charge in [-0.15, -0.1) is 0 Å². The summed E-state index contributed by atoms with van der Waals surface area (Å²) < 4.78 is 39.1. The van der Waals surface area contributed by atoms with Crippen molar-refractivity contribution < 1.29 is 17.6 Å². The fourth-order valence-electron chi connectivity index (χ4n) is 2.73. The van der Waals surface area contributed by atoms with E-state index in [-0.39, 0.29) is 21.8 Å². The molecule has 1 heterocycles. The molecule has 2 aromatic rings. The molecule has 1 aromatic heterocycles. The maximum Gasteiger partial charge on any atom is 0.276 e. The number of anilines is 1. The van der Waals surface area contributed by atoms with E-state index >= 15 is 0 Å². The summed E-state index contributed by atoms with van der Waals surface area (Å²) in [5.41, 5.74) is 0.716. The molecule has 26 heavy (non-hydrogen) atoms. The van der Waals surface area contributed by atoms with Crippen LogP contribution in [0.1, 0.15) is 55.7 Å². The average Bonchev–Trinajstić information content (AvgIpc) is 3.25. The molecule has 1 saturated carbocycles. The number of nitrogens with one attached hydrogen (secondary N) is 1. The van der Waals surface area contributed by atoms with E-state index in [4.69, 9.17) is 0 Å². The van der Waals surface area contributed by atoms with Crippen molar-refractivity contribution in [3.8, 4) is 0 Å². The van der Waals surface area contributed by atoms with Gasteiger partial charge in [0, 0.05) is 17.9 Å². The molecular weight excluding hydrogens is 357 g/mol. The van der Waals surface area contributed by atoms with Gasteiger partial charge in [-0.3, -0.25) is 9.48 Å². The first kappa shape index (κ1) is 18.6. The van der Waals surface area contributed by atoms with Crippen LogP contribution in [0.3, 0.4) is 0 Å². The van der Waals surface area contributed by atoms with E-state index in [9.17, 15) is 17.6 Å². The van der Waals surface area contributed by atoms with Crippen molar-refractivity contribution in [2.24, 2.45) is 0 Å². The number of hydrogen-bond acceptors (Lipinski definition) is 4. The Balaban J connectivity index is 1.92. The first-order valence-electron chi connectivity index (χ1n) is 8.38. The molecule has 0 atom stereocenters. The zero-order chi connectivity index (χ0) is 19.3. The third kappa shape index (κ3) is 3.80. The average molecular weight is 379 g/mol. The molecule has 0 saturated heterocycles. The minimum absolute atomic E-state index is 0.0620. The van der Waals surface area contributed by atoms with Crippen molar-refractivity contribution in [1.82, 2.24) is 9.78 Å². The first-order valence-corrected chi connectivity index (χ1v) is 10.3. The normalized spacial score (nSPS) is 15.1. The Hall–Kier alpha value is -2.22. The molecule has 1 fully saturated rings. The Kier molecular flexibility index (Phi) is 4.42. The molecule has 1 aromatic carbocycles. The number of halogens is 1. The molecule has 1 aliphatic carbocycles. The highest BCUT2D eigenvalue weighted by Crippen LogP contribution is 2.41. The second-order valence-electron chi connectivity index (χ2n) is 7.68. The quantitative estimate of drug-likeness (QED) is 0.827. The minimum atomic E-state index is -3.51. The van der Waals surface area contributed by atoms with E-state index in [2.05, 4.69) is 10.4 Å². The van der Waals surface area contributed by atoms with Crippen molar-refractivity contribution in [2.75, 3.05) is 11.6 Å². The topological polar surface area (TPSA) is 81.1 Å². The highest BCUT2D eigenvalue weighted by molar-refractivity contribution is 7.90. The summed E-state index contributed by atoms with van der Waals surface area (Å²) in [6, 6.07) is 5.04. The Morgan fingerprint density at radius 1 is 1.27 bits per heavy atom. The van der Waals surface area contributed by atoms with Crippen LogP contribution in [-0.2, 0) is 15.4 Å². The molecule has 0 bridgehead atoms. The molecule has 0 radical (unpaired) electrons. The Bertz CT molecular complexity index is 970.